The minimum atomic E-state index is -2.23. The van der Waals surface area contributed by atoms with E-state index in [1.165, 1.54) is 0 Å². The van der Waals surface area contributed by atoms with Crippen LogP contribution in [0.5, 0.6) is 5.75 Å². The van der Waals surface area contributed by atoms with E-state index in [0.29, 0.717) is 0 Å². The molecule has 1 aromatic carbocycles. The molecule has 103 heavy (non-hydrogen) atoms. The summed E-state index contributed by atoms with van der Waals surface area (Å²) >= 11 is 0. The van der Waals surface area contributed by atoms with Gasteiger partial charge in [0.25, 0.3) is 0 Å². The van der Waals surface area contributed by atoms with Gasteiger partial charge in [-0.25, -0.2) is 0 Å². The van der Waals surface area contributed by atoms with Crippen LogP contribution in [-0.2, 0) is 162 Å². The first-order chi connectivity index (χ1) is 48.1. The maximum Gasteiger partial charge on any atom is 0.303 e. The fourth-order valence-electron chi connectivity index (χ4n) is 12.6. The van der Waals surface area contributed by atoms with Gasteiger partial charge in [0.1, 0.15) is 81.0 Å². The predicted molar refractivity (Wildman–Crippen MR) is 336 cm³/mol. The molecule has 5 heterocycles. The Hall–Kier alpha value is -8.23. The van der Waals surface area contributed by atoms with Gasteiger partial charge >= 0.3 is 77.6 Å². The zero-order valence-corrected chi connectivity index (χ0v) is 60.6. The van der Waals surface area contributed by atoms with Crippen molar-refractivity contribution in [2.45, 2.75) is 284 Å². The Balaban J connectivity index is 1.46. The smallest absolute Gasteiger partial charge is 0.303 e. The molecule has 0 N–H and O–H groups in total. The molecular weight excluding hydrogens is 1380 g/mol. The van der Waals surface area contributed by atoms with E-state index in [-0.39, 0.29) is 16.8 Å². The second-order valence-corrected chi connectivity index (χ2v) is 26.1. The molecule has 21 atom stereocenters. The Morgan fingerprint density at radius 1 is 0.350 bits per heavy atom. The first-order valence-electron chi connectivity index (χ1n) is 33.0. The van der Waals surface area contributed by atoms with Crippen molar-refractivity contribution < 1.29 is 167 Å². The van der Waals surface area contributed by atoms with Crippen LogP contribution in [0.3, 0.4) is 0 Å². The summed E-state index contributed by atoms with van der Waals surface area (Å²) in [6, 6.07) is 6.63. The van der Waals surface area contributed by atoms with Gasteiger partial charge < -0.3 is 99.5 Å². The number of hydroxylamine groups is 2. The Morgan fingerprint density at radius 2 is 0.592 bits per heavy atom. The fourth-order valence-corrected chi connectivity index (χ4v) is 12.6. The molecule has 0 aromatic heterocycles. The number of benzene rings is 1. The molecule has 5 saturated heterocycles. The molecule has 0 saturated carbocycles. The number of carbonyl (C=O) groups excluding carboxylic acids is 13. The largest absolute Gasteiger partial charge is 0.463 e. The Bertz CT molecular complexity index is 3170. The van der Waals surface area contributed by atoms with E-state index in [4.69, 9.17) is 104 Å². The zero-order valence-electron chi connectivity index (χ0n) is 60.6. The van der Waals surface area contributed by atoms with Crippen molar-refractivity contribution in [1.82, 2.24) is 5.06 Å². The number of piperidine rings is 1. The van der Waals surface area contributed by atoms with Gasteiger partial charge in [0.05, 0.1) is 0 Å². The highest BCUT2D eigenvalue weighted by Crippen LogP contribution is 2.43. The summed E-state index contributed by atoms with van der Waals surface area (Å²) in [6.07, 6.45) is -36.3. The summed E-state index contributed by atoms with van der Waals surface area (Å²) in [6.45, 7) is 19.6. The van der Waals surface area contributed by atoms with Gasteiger partial charge in [-0.2, -0.15) is 5.06 Å². The topological polar surface area (TPSA) is 428 Å². The first-order valence-corrected chi connectivity index (χ1v) is 33.0. The van der Waals surface area contributed by atoms with Crippen LogP contribution in [0.4, 0.5) is 0 Å². The Kier molecular flexibility index (Phi) is 30.0. The third-order valence-electron chi connectivity index (χ3n) is 16.3. The van der Waals surface area contributed by atoms with Crippen molar-refractivity contribution in [3.63, 3.8) is 0 Å². The van der Waals surface area contributed by atoms with Gasteiger partial charge in [0.2, 0.25) is 12.4 Å². The van der Waals surface area contributed by atoms with Gasteiger partial charge in [-0.15, -0.1) is 0 Å². The van der Waals surface area contributed by atoms with Crippen molar-refractivity contribution >= 4 is 77.6 Å². The third kappa shape index (κ3) is 23.9. The SMILES string of the molecule is CC(=O)OC[C@H]1O[C@@H](O[C@H]2[C@H](OC(C)=O)[C@@H](OC(C)=O)[C@H](O[C@H]3[C@H](OC(C)=O)[C@@H](OC(C)=O)[C@H](O[C@H]4[C@H](OC(C)=O)[C@@H](OC(C)=O)[C@H](Oc5ccc(C(C)ON6C(C)(C)CCCC6(C)C)cc5)O[C@@H]4COC(C)=O)O[C@@H]3COC(C)=O)O[C@@H]2COC(C)=O)[C@H](OC(C)=O)[C@@H](OC(C)=O)[C@@H]1OC(C)=O. The van der Waals surface area contributed by atoms with E-state index in [1.807, 2.05) is 12.0 Å². The van der Waals surface area contributed by atoms with E-state index in [2.05, 4.69) is 27.7 Å². The molecule has 0 aliphatic carbocycles. The number of ether oxygens (including phenoxy) is 21. The first kappa shape index (κ1) is 83.7. The number of hydrogen-bond donors (Lipinski definition) is 0. The quantitative estimate of drug-likeness (QED) is 0.0859. The Labute approximate surface area is 593 Å². The number of nitrogens with zero attached hydrogens (tertiary/aromatic N) is 1. The molecule has 0 bridgehead atoms. The fraction of sp³-hybridized carbons (Fsp3) is 0.716. The third-order valence-corrected chi connectivity index (χ3v) is 16.3. The van der Waals surface area contributed by atoms with Crippen molar-refractivity contribution in [3.8, 4) is 5.75 Å². The summed E-state index contributed by atoms with van der Waals surface area (Å²) in [5.41, 5.74) is 0.172. The lowest BCUT2D eigenvalue weighted by atomic mass is 9.82. The van der Waals surface area contributed by atoms with Crippen LogP contribution in [0.25, 0.3) is 0 Å². The summed E-state index contributed by atoms with van der Waals surface area (Å²) in [7, 11) is 0. The van der Waals surface area contributed by atoms with Gasteiger partial charge in [0.15, 0.2) is 67.7 Å². The van der Waals surface area contributed by atoms with Crippen LogP contribution in [0.2, 0.25) is 0 Å². The summed E-state index contributed by atoms with van der Waals surface area (Å²) in [5, 5.41) is 2.02. The molecule has 0 spiro atoms. The zero-order chi connectivity index (χ0) is 76.7. The van der Waals surface area contributed by atoms with Crippen LogP contribution in [0.15, 0.2) is 24.3 Å². The van der Waals surface area contributed by atoms with Gasteiger partial charge in [0, 0.05) is 101 Å². The predicted octanol–water partition coefficient (Wildman–Crippen LogP) is 2.79. The monoisotopic (exact) mass is 1470 g/mol. The molecule has 1 unspecified atom stereocenters. The van der Waals surface area contributed by atoms with Crippen molar-refractivity contribution in [2.24, 2.45) is 0 Å². The molecular formula is C67H93NO35. The summed E-state index contributed by atoms with van der Waals surface area (Å²) < 4.78 is 125. The minimum absolute atomic E-state index is 0.123. The highest BCUT2D eigenvalue weighted by atomic mass is 16.8. The molecule has 5 aliphatic heterocycles. The second-order valence-electron chi connectivity index (χ2n) is 26.1. The number of esters is 13. The molecule has 36 nitrogen and oxygen atoms in total. The van der Waals surface area contributed by atoms with Crippen molar-refractivity contribution in [1.29, 1.82) is 0 Å². The molecule has 0 amide bonds. The molecule has 6 rings (SSSR count). The van der Waals surface area contributed by atoms with Gasteiger partial charge in [-0.05, 0) is 71.6 Å². The minimum Gasteiger partial charge on any atom is -0.463 e. The normalized spacial score (nSPS) is 31.2. The average Bonchev–Trinajstić information content (AvgIpc) is 0.763. The van der Waals surface area contributed by atoms with Crippen LogP contribution < -0.4 is 4.74 Å². The maximum absolute atomic E-state index is 13.6. The molecule has 1 aromatic rings. The van der Waals surface area contributed by atoms with E-state index >= 15 is 0 Å². The van der Waals surface area contributed by atoms with Gasteiger partial charge in [-0.1, -0.05) is 12.1 Å². The van der Waals surface area contributed by atoms with Crippen molar-refractivity contribution in [3.05, 3.63) is 29.8 Å². The van der Waals surface area contributed by atoms with Crippen LogP contribution in [0, 0.1) is 0 Å². The number of hydrogen-bond acceptors (Lipinski definition) is 36. The van der Waals surface area contributed by atoms with E-state index in [0.717, 1.165) is 115 Å². The van der Waals surface area contributed by atoms with Crippen LogP contribution >= 0.6 is 0 Å². The van der Waals surface area contributed by atoms with E-state index in [9.17, 15) is 62.3 Å². The average molecular weight is 1470 g/mol. The highest BCUT2D eigenvalue weighted by Gasteiger charge is 2.62. The van der Waals surface area contributed by atoms with Gasteiger partial charge in [-0.3, -0.25) is 67.2 Å². The number of rotatable bonds is 28. The molecule has 5 aliphatic rings. The lowest BCUT2D eigenvalue weighted by molar-refractivity contribution is -0.387. The lowest BCUT2D eigenvalue weighted by Crippen LogP contribution is -2.69. The van der Waals surface area contributed by atoms with Crippen LogP contribution in [-0.4, -0.2) is 243 Å². The maximum atomic E-state index is 13.6. The highest BCUT2D eigenvalue weighted by molar-refractivity contribution is 5.71. The summed E-state index contributed by atoms with van der Waals surface area (Å²) in [4.78, 5) is 176. The Morgan fingerprint density at radius 3 is 0.874 bits per heavy atom. The second kappa shape index (κ2) is 37.0. The number of carbonyl (C=O) groups is 13. The molecule has 36 heteroatoms. The molecule has 5 fully saturated rings. The molecule has 0 radical (unpaired) electrons. The van der Waals surface area contributed by atoms with Crippen molar-refractivity contribution in [2.75, 3.05) is 26.4 Å². The van der Waals surface area contributed by atoms with E-state index < -0.39 is 233 Å². The standard InChI is InChI=1S/C67H93NO35/c1-30(103-68-66(15,16)24-19-25-67(68,17)18)44-20-22-45(23-21-44)95-62-58(91-40(11)78)55(88-37(8)75)51(47(96-62)27-83-32(3)70)100-64-60(93-42(13)80)57(90-39(10)77)53(49(98-64)29-85-34(5)72)102-65-61(94-43(14)81)56(89-38(9)76)52(48(99-65)28-84-33(4)71)101-63-59(92-41(12)79)54(87-36(7)74)50(86-35(6)73)46(97-63)26-82-31(2)69/h20-23,30,46-65H,19,24-29H2,1-18H3/t30?,46-,47-,48-,49-,50-,51-,52-,53-,54+,55+,56+,57+,58-,59-,60-,61-,62-,63+,64+,65+/m1/s1. The van der Waals surface area contributed by atoms with Crippen LogP contribution in [0.1, 0.15) is 156 Å². The van der Waals surface area contributed by atoms with E-state index in [1.54, 1.807) is 24.3 Å². The lowest BCUT2D eigenvalue weighted by Gasteiger charge is -2.52. The summed E-state index contributed by atoms with van der Waals surface area (Å²) in [5.74, 6) is -13.2. The molecule has 576 valence electrons.